The molecule has 8 heteroatoms. The Bertz CT molecular complexity index is 985. The standard InChI is InChI=1S/C20H19ClN2O5/c1-11-5-7-13(8-6-11)19-23-22-18(28-19)12(2)27-20(24)14-9-15(21)17(26-4)16(10-14)25-3/h5-10,12H,1-4H3/t12-/m1/s1. The summed E-state index contributed by atoms with van der Waals surface area (Å²) in [4.78, 5) is 12.5. The molecule has 0 amide bonds. The third-order valence-electron chi connectivity index (χ3n) is 4.04. The molecule has 1 atom stereocenters. The van der Waals surface area contributed by atoms with Gasteiger partial charge < -0.3 is 18.6 Å². The molecular formula is C20H19ClN2O5. The summed E-state index contributed by atoms with van der Waals surface area (Å²) in [5, 5.41) is 8.23. The topological polar surface area (TPSA) is 83.7 Å². The summed E-state index contributed by atoms with van der Waals surface area (Å²) < 4.78 is 21.4. The average Bonchev–Trinajstić information content (AvgIpc) is 3.18. The molecule has 146 valence electrons. The van der Waals surface area contributed by atoms with Crippen molar-refractivity contribution in [2.75, 3.05) is 14.2 Å². The van der Waals surface area contributed by atoms with E-state index in [1.165, 1.54) is 26.4 Å². The number of aromatic nitrogens is 2. The lowest BCUT2D eigenvalue weighted by molar-refractivity contribution is 0.0279. The van der Waals surface area contributed by atoms with Gasteiger partial charge in [0.1, 0.15) is 0 Å². The minimum Gasteiger partial charge on any atom is -0.493 e. The van der Waals surface area contributed by atoms with Crippen LogP contribution in [0.2, 0.25) is 5.02 Å². The number of nitrogens with zero attached hydrogens (tertiary/aromatic N) is 2. The van der Waals surface area contributed by atoms with Crippen LogP contribution in [-0.2, 0) is 4.74 Å². The van der Waals surface area contributed by atoms with Crippen molar-refractivity contribution in [2.45, 2.75) is 20.0 Å². The highest BCUT2D eigenvalue weighted by Crippen LogP contribution is 2.36. The van der Waals surface area contributed by atoms with Crippen molar-refractivity contribution in [3.05, 3.63) is 58.4 Å². The van der Waals surface area contributed by atoms with Crippen LogP contribution in [0, 0.1) is 6.92 Å². The van der Waals surface area contributed by atoms with Crippen LogP contribution in [0.15, 0.2) is 40.8 Å². The molecule has 2 aromatic carbocycles. The molecule has 0 N–H and O–H groups in total. The zero-order valence-electron chi connectivity index (χ0n) is 15.9. The lowest BCUT2D eigenvalue weighted by atomic mass is 10.1. The Morgan fingerprint density at radius 2 is 1.82 bits per heavy atom. The van der Waals surface area contributed by atoms with Crippen LogP contribution in [0.25, 0.3) is 11.5 Å². The minimum absolute atomic E-state index is 0.190. The highest BCUT2D eigenvalue weighted by Gasteiger charge is 2.22. The Morgan fingerprint density at radius 3 is 2.46 bits per heavy atom. The molecule has 0 aliphatic carbocycles. The van der Waals surface area contributed by atoms with Crippen LogP contribution in [0.3, 0.4) is 0 Å². The molecule has 0 unspecified atom stereocenters. The van der Waals surface area contributed by atoms with Crippen LogP contribution in [-0.4, -0.2) is 30.4 Å². The van der Waals surface area contributed by atoms with Gasteiger partial charge in [0.25, 0.3) is 5.89 Å². The summed E-state index contributed by atoms with van der Waals surface area (Å²) in [5.74, 6) is 0.607. The van der Waals surface area contributed by atoms with Gasteiger partial charge in [-0.1, -0.05) is 29.3 Å². The van der Waals surface area contributed by atoms with Gasteiger partial charge in [0, 0.05) is 5.56 Å². The van der Waals surface area contributed by atoms with Gasteiger partial charge in [0.2, 0.25) is 5.89 Å². The van der Waals surface area contributed by atoms with Crippen molar-refractivity contribution in [3.8, 4) is 23.0 Å². The van der Waals surface area contributed by atoms with E-state index in [4.69, 9.17) is 30.2 Å². The number of halogens is 1. The van der Waals surface area contributed by atoms with Crippen LogP contribution in [0.5, 0.6) is 11.5 Å². The molecule has 0 aliphatic rings. The normalized spacial score (nSPS) is 11.8. The molecule has 0 aliphatic heterocycles. The van der Waals surface area contributed by atoms with Gasteiger partial charge in [0.05, 0.1) is 24.8 Å². The van der Waals surface area contributed by atoms with Crippen molar-refractivity contribution in [1.29, 1.82) is 0 Å². The van der Waals surface area contributed by atoms with E-state index in [1.54, 1.807) is 6.92 Å². The first kappa shape index (κ1) is 19.7. The zero-order valence-corrected chi connectivity index (χ0v) is 16.6. The van der Waals surface area contributed by atoms with Gasteiger partial charge in [-0.25, -0.2) is 4.79 Å². The molecule has 3 aromatic rings. The molecule has 3 rings (SSSR count). The van der Waals surface area contributed by atoms with E-state index < -0.39 is 12.1 Å². The van der Waals surface area contributed by atoms with E-state index in [0.717, 1.165) is 11.1 Å². The molecule has 7 nitrogen and oxygen atoms in total. The largest absolute Gasteiger partial charge is 0.493 e. The number of hydrogen-bond acceptors (Lipinski definition) is 7. The second kappa shape index (κ2) is 8.31. The Hall–Kier alpha value is -3.06. The highest BCUT2D eigenvalue weighted by atomic mass is 35.5. The fraction of sp³-hybridized carbons (Fsp3) is 0.250. The van der Waals surface area contributed by atoms with E-state index >= 15 is 0 Å². The first-order chi connectivity index (χ1) is 13.4. The molecule has 28 heavy (non-hydrogen) atoms. The summed E-state index contributed by atoms with van der Waals surface area (Å²) in [5.41, 5.74) is 2.13. The maximum absolute atomic E-state index is 12.5. The van der Waals surface area contributed by atoms with Gasteiger partial charge in [-0.2, -0.15) is 0 Å². The molecular weight excluding hydrogens is 384 g/mol. The Labute approximate surface area is 167 Å². The quantitative estimate of drug-likeness (QED) is 0.555. The van der Waals surface area contributed by atoms with Crippen molar-refractivity contribution in [2.24, 2.45) is 0 Å². The Balaban J connectivity index is 1.76. The number of ether oxygens (including phenoxy) is 3. The number of carbonyl (C=O) groups excluding carboxylic acids is 1. The fourth-order valence-corrected chi connectivity index (χ4v) is 2.81. The molecule has 1 aromatic heterocycles. The summed E-state index contributed by atoms with van der Waals surface area (Å²) >= 11 is 6.14. The molecule has 0 fully saturated rings. The zero-order chi connectivity index (χ0) is 20.3. The molecule has 0 radical (unpaired) electrons. The number of aryl methyl sites for hydroxylation is 1. The summed E-state index contributed by atoms with van der Waals surface area (Å²) in [6, 6.07) is 10.6. The van der Waals surface area contributed by atoms with Gasteiger partial charge in [0.15, 0.2) is 17.6 Å². The summed E-state index contributed by atoms with van der Waals surface area (Å²) in [7, 11) is 2.92. The second-order valence-corrected chi connectivity index (χ2v) is 6.46. The van der Waals surface area contributed by atoms with Crippen LogP contribution in [0.4, 0.5) is 0 Å². The third kappa shape index (κ3) is 4.09. The van der Waals surface area contributed by atoms with Crippen LogP contribution < -0.4 is 9.47 Å². The maximum Gasteiger partial charge on any atom is 0.339 e. The van der Waals surface area contributed by atoms with Crippen LogP contribution in [0.1, 0.15) is 34.8 Å². The number of rotatable bonds is 6. The van der Waals surface area contributed by atoms with E-state index in [1.807, 2.05) is 31.2 Å². The van der Waals surface area contributed by atoms with Gasteiger partial charge in [-0.3, -0.25) is 0 Å². The third-order valence-corrected chi connectivity index (χ3v) is 4.32. The van der Waals surface area contributed by atoms with Gasteiger partial charge in [-0.15, -0.1) is 10.2 Å². The molecule has 0 bridgehead atoms. The Kier molecular flexibility index (Phi) is 5.84. The van der Waals surface area contributed by atoms with Crippen molar-refractivity contribution in [1.82, 2.24) is 10.2 Å². The second-order valence-electron chi connectivity index (χ2n) is 6.05. The van der Waals surface area contributed by atoms with Gasteiger partial charge >= 0.3 is 5.97 Å². The van der Waals surface area contributed by atoms with Crippen molar-refractivity contribution < 1.29 is 23.4 Å². The van der Waals surface area contributed by atoms with Gasteiger partial charge in [-0.05, 0) is 38.1 Å². The number of esters is 1. The van der Waals surface area contributed by atoms with E-state index in [9.17, 15) is 4.79 Å². The van der Waals surface area contributed by atoms with E-state index in [0.29, 0.717) is 17.4 Å². The maximum atomic E-state index is 12.5. The molecule has 0 spiro atoms. The first-order valence-electron chi connectivity index (χ1n) is 8.46. The Morgan fingerprint density at radius 1 is 1.11 bits per heavy atom. The lowest BCUT2D eigenvalue weighted by Gasteiger charge is -2.13. The minimum atomic E-state index is -0.744. The summed E-state index contributed by atoms with van der Waals surface area (Å²) in [6.07, 6.45) is -0.744. The average molecular weight is 403 g/mol. The predicted molar refractivity (Wildman–Crippen MR) is 103 cm³/mol. The number of benzene rings is 2. The summed E-state index contributed by atoms with van der Waals surface area (Å²) in [6.45, 7) is 3.64. The smallest absolute Gasteiger partial charge is 0.339 e. The van der Waals surface area contributed by atoms with E-state index in [-0.39, 0.29) is 16.5 Å². The number of methoxy groups -OCH3 is 2. The number of carbonyl (C=O) groups is 1. The predicted octanol–water partition coefficient (Wildman–Crippen LogP) is 4.63. The number of hydrogen-bond donors (Lipinski definition) is 0. The SMILES string of the molecule is COc1cc(C(=O)O[C@H](C)c2nnc(-c3ccc(C)cc3)o2)cc(Cl)c1OC. The van der Waals surface area contributed by atoms with Crippen molar-refractivity contribution in [3.63, 3.8) is 0 Å². The first-order valence-corrected chi connectivity index (χ1v) is 8.83. The highest BCUT2D eigenvalue weighted by molar-refractivity contribution is 6.32. The fourth-order valence-electron chi connectivity index (χ4n) is 2.53. The van der Waals surface area contributed by atoms with E-state index in [2.05, 4.69) is 10.2 Å². The van der Waals surface area contributed by atoms with Crippen LogP contribution >= 0.6 is 11.6 Å². The molecule has 1 heterocycles. The van der Waals surface area contributed by atoms with Crippen molar-refractivity contribution >= 4 is 17.6 Å². The molecule has 0 saturated heterocycles. The molecule has 0 saturated carbocycles. The monoisotopic (exact) mass is 402 g/mol. The lowest BCUT2D eigenvalue weighted by Crippen LogP contribution is -2.10.